The lowest BCUT2D eigenvalue weighted by Gasteiger charge is -2.14. The third-order valence-electron chi connectivity index (χ3n) is 4.41. The number of nitrogens with zero attached hydrogens (tertiary/aromatic N) is 3. The van der Waals surface area contributed by atoms with Crippen molar-refractivity contribution in [2.24, 2.45) is 5.92 Å². The van der Waals surface area contributed by atoms with Gasteiger partial charge in [0.15, 0.2) is 0 Å². The number of aromatic nitrogens is 2. The van der Waals surface area contributed by atoms with Crippen LogP contribution < -0.4 is 5.32 Å². The number of likely N-dealkylation sites (tertiary alicyclic amines) is 1. The maximum Gasteiger partial charge on any atom is 0.231 e. The Hall–Kier alpha value is -3.00. The van der Waals surface area contributed by atoms with Crippen LogP contribution in [0, 0.1) is 5.92 Å². The first-order valence-corrected chi connectivity index (χ1v) is 9.46. The summed E-state index contributed by atoms with van der Waals surface area (Å²) in [5.74, 6) is 0.0642. The molecule has 0 radical (unpaired) electrons. The monoisotopic (exact) mass is 382 g/mol. The van der Waals surface area contributed by atoms with Crippen molar-refractivity contribution in [1.82, 2.24) is 15.1 Å². The van der Waals surface area contributed by atoms with Gasteiger partial charge in [-0.15, -0.1) is 10.2 Å². The highest BCUT2D eigenvalue weighted by Crippen LogP contribution is 2.24. The predicted octanol–water partition coefficient (Wildman–Crippen LogP) is 2.71. The van der Waals surface area contributed by atoms with Crippen molar-refractivity contribution in [2.75, 3.05) is 11.9 Å². The highest BCUT2D eigenvalue weighted by molar-refractivity contribution is 7.15. The molecule has 0 spiro atoms. The molecule has 7 nitrogen and oxygen atoms in total. The summed E-state index contributed by atoms with van der Waals surface area (Å²) in [5, 5.41) is 12.3. The first-order valence-electron chi connectivity index (χ1n) is 8.65. The van der Waals surface area contributed by atoms with Crippen molar-refractivity contribution in [3.8, 4) is 0 Å². The zero-order valence-corrected chi connectivity index (χ0v) is 15.3. The van der Waals surface area contributed by atoms with E-state index in [1.807, 2.05) is 36.4 Å². The highest BCUT2D eigenvalue weighted by Gasteiger charge is 2.35. The van der Waals surface area contributed by atoms with Gasteiger partial charge in [-0.1, -0.05) is 41.7 Å². The quantitative estimate of drug-likeness (QED) is 0.708. The SMILES string of the molecule is O=C(Nc1nnc(Cc2ccccc2)s1)[C@@H]1CC(=O)N(Cc2ccco2)C1. The average molecular weight is 382 g/mol. The summed E-state index contributed by atoms with van der Waals surface area (Å²) in [7, 11) is 0. The van der Waals surface area contributed by atoms with E-state index in [4.69, 9.17) is 4.42 Å². The first kappa shape index (κ1) is 17.4. The molecule has 1 fully saturated rings. The lowest BCUT2D eigenvalue weighted by Crippen LogP contribution is -2.27. The van der Waals surface area contributed by atoms with Gasteiger partial charge in [-0.2, -0.15) is 0 Å². The zero-order chi connectivity index (χ0) is 18.6. The molecule has 2 aromatic heterocycles. The third-order valence-corrected chi connectivity index (χ3v) is 5.25. The lowest BCUT2D eigenvalue weighted by atomic mass is 10.1. The van der Waals surface area contributed by atoms with Crippen LogP contribution in [0.5, 0.6) is 0 Å². The number of benzene rings is 1. The van der Waals surface area contributed by atoms with Crippen molar-refractivity contribution < 1.29 is 14.0 Å². The Morgan fingerprint density at radius 2 is 2.07 bits per heavy atom. The Morgan fingerprint density at radius 1 is 1.22 bits per heavy atom. The molecule has 3 aromatic rings. The highest BCUT2D eigenvalue weighted by atomic mass is 32.1. The molecule has 1 N–H and O–H groups in total. The molecule has 3 heterocycles. The Balaban J connectivity index is 1.33. The van der Waals surface area contributed by atoms with Gasteiger partial charge in [0.2, 0.25) is 16.9 Å². The number of nitrogens with one attached hydrogen (secondary N) is 1. The maximum atomic E-state index is 12.5. The van der Waals surface area contributed by atoms with Crippen molar-refractivity contribution in [3.05, 3.63) is 65.1 Å². The number of furan rings is 1. The molecule has 1 aliphatic heterocycles. The number of rotatable bonds is 6. The summed E-state index contributed by atoms with van der Waals surface area (Å²) in [6.45, 7) is 0.761. The van der Waals surface area contributed by atoms with Gasteiger partial charge >= 0.3 is 0 Å². The van der Waals surface area contributed by atoms with E-state index < -0.39 is 5.92 Å². The Kier molecular flexibility index (Phi) is 4.97. The molecule has 1 aliphatic rings. The number of carbonyl (C=O) groups excluding carboxylic acids is 2. The molecule has 4 rings (SSSR count). The molecule has 0 aliphatic carbocycles. The van der Waals surface area contributed by atoms with E-state index in [9.17, 15) is 9.59 Å². The summed E-state index contributed by atoms with van der Waals surface area (Å²) >= 11 is 1.35. The molecule has 1 atom stereocenters. The van der Waals surface area contributed by atoms with E-state index >= 15 is 0 Å². The molecule has 1 aromatic carbocycles. The number of amides is 2. The van der Waals surface area contributed by atoms with E-state index in [2.05, 4.69) is 15.5 Å². The van der Waals surface area contributed by atoms with Gasteiger partial charge in [-0.3, -0.25) is 9.59 Å². The smallest absolute Gasteiger partial charge is 0.231 e. The summed E-state index contributed by atoms with van der Waals surface area (Å²) < 4.78 is 5.28. The van der Waals surface area contributed by atoms with Crippen LogP contribution in [0.1, 0.15) is 22.8 Å². The number of hydrogen-bond donors (Lipinski definition) is 1. The second kappa shape index (κ2) is 7.71. The molecular weight excluding hydrogens is 364 g/mol. The third kappa shape index (κ3) is 4.22. The lowest BCUT2D eigenvalue weighted by molar-refractivity contribution is -0.128. The van der Waals surface area contributed by atoms with E-state index in [1.165, 1.54) is 11.3 Å². The van der Waals surface area contributed by atoms with Gasteiger partial charge in [0.05, 0.1) is 18.7 Å². The zero-order valence-electron chi connectivity index (χ0n) is 14.5. The van der Waals surface area contributed by atoms with Crippen LogP contribution in [-0.4, -0.2) is 33.5 Å². The van der Waals surface area contributed by atoms with Crippen molar-refractivity contribution in [3.63, 3.8) is 0 Å². The van der Waals surface area contributed by atoms with Gasteiger partial charge in [-0.25, -0.2) is 0 Å². The summed E-state index contributed by atoms with van der Waals surface area (Å²) in [5.41, 5.74) is 1.14. The Labute approximate surface area is 160 Å². The number of anilines is 1. The predicted molar refractivity (Wildman–Crippen MR) is 100 cm³/mol. The molecule has 0 saturated carbocycles. The molecule has 0 unspecified atom stereocenters. The van der Waals surface area contributed by atoms with Gasteiger partial charge < -0.3 is 14.6 Å². The average Bonchev–Trinajstić information content (AvgIpc) is 3.40. The Bertz CT molecular complexity index is 924. The largest absolute Gasteiger partial charge is 0.467 e. The standard InChI is InChI=1S/C19H18N4O3S/c24-17-10-14(11-23(17)12-15-7-4-8-26-15)18(25)20-19-22-21-16(27-19)9-13-5-2-1-3-6-13/h1-8,14H,9-12H2,(H,20,22,25)/t14-/m1/s1. The van der Waals surface area contributed by atoms with Gasteiger partial charge in [0.25, 0.3) is 0 Å². The second-order valence-electron chi connectivity index (χ2n) is 6.41. The van der Waals surface area contributed by atoms with Crippen LogP contribution in [-0.2, 0) is 22.6 Å². The van der Waals surface area contributed by atoms with Crippen LogP contribution in [0.4, 0.5) is 5.13 Å². The minimum Gasteiger partial charge on any atom is -0.467 e. The van der Waals surface area contributed by atoms with Gasteiger partial charge in [0.1, 0.15) is 10.8 Å². The molecule has 27 heavy (non-hydrogen) atoms. The molecule has 8 heteroatoms. The van der Waals surface area contributed by atoms with Crippen molar-refractivity contribution in [2.45, 2.75) is 19.4 Å². The van der Waals surface area contributed by atoms with E-state index in [-0.39, 0.29) is 18.2 Å². The van der Waals surface area contributed by atoms with Gasteiger partial charge in [-0.05, 0) is 17.7 Å². The van der Waals surface area contributed by atoms with Crippen LogP contribution in [0.3, 0.4) is 0 Å². The minimum absolute atomic E-state index is 0.0476. The molecule has 2 amide bonds. The number of carbonyl (C=O) groups is 2. The maximum absolute atomic E-state index is 12.5. The molecule has 1 saturated heterocycles. The number of hydrogen-bond acceptors (Lipinski definition) is 6. The first-order chi connectivity index (χ1) is 13.2. The fourth-order valence-electron chi connectivity index (χ4n) is 3.04. The fourth-order valence-corrected chi connectivity index (χ4v) is 3.82. The van der Waals surface area contributed by atoms with Gasteiger partial charge in [0, 0.05) is 19.4 Å². The summed E-state index contributed by atoms with van der Waals surface area (Å²) in [6.07, 6.45) is 2.44. The van der Waals surface area contributed by atoms with E-state index in [0.29, 0.717) is 30.4 Å². The van der Waals surface area contributed by atoms with Crippen LogP contribution in [0.2, 0.25) is 0 Å². The fraction of sp³-hybridized carbons (Fsp3) is 0.263. The molecule has 0 bridgehead atoms. The van der Waals surface area contributed by atoms with Crippen LogP contribution >= 0.6 is 11.3 Å². The minimum atomic E-state index is -0.395. The molecule has 138 valence electrons. The molecular formula is C19H18N4O3S. The van der Waals surface area contributed by atoms with Crippen LogP contribution in [0.25, 0.3) is 0 Å². The normalized spacial score (nSPS) is 16.7. The van der Waals surface area contributed by atoms with Crippen molar-refractivity contribution >= 4 is 28.3 Å². The van der Waals surface area contributed by atoms with E-state index in [0.717, 1.165) is 10.6 Å². The van der Waals surface area contributed by atoms with Crippen LogP contribution in [0.15, 0.2) is 53.1 Å². The summed E-state index contributed by atoms with van der Waals surface area (Å²) in [6, 6.07) is 13.6. The topological polar surface area (TPSA) is 88.3 Å². The Morgan fingerprint density at radius 3 is 2.85 bits per heavy atom. The van der Waals surface area contributed by atoms with Crippen molar-refractivity contribution in [1.29, 1.82) is 0 Å². The summed E-state index contributed by atoms with van der Waals surface area (Å²) in [4.78, 5) is 26.3. The second-order valence-corrected chi connectivity index (χ2v) is 7.47. The van der Waals surface area contributed by atoms with E-state index in [1.54, 1.807) is 17.2 Å².